The minimum atomic E-state index is -0.146. The second kappa shape index (κ2) is 11.4. The molecule has 7 nitrogen and oxygen atoms in total. The molecule has 142 valence electrons. The number of aryl methyl sites for hydroxylation is 1. The Morgan fingerprint density at radius 3 is 2.65 bits per heavy atom. The zero-order valence-corrected chi connectivity index (χ0v) is 17.5. The molecule has 0 spiro atoms. The molecule has 1 amide bonds. The Kier molecular flexibility index (Phi) is 9.56. The average molecular weight is 472 g/mol. The molecule has 0 radical (unpaired) electrons. The van der Waals surface area contributed by atoms with Crippen molar-refractivity contribution in [2.75, 3.05) is 20.7 Å². The number of benzene rings is 1. The van der Waals surface area contributed by atoms with Crippen LogP contribution < -0.4 is 20.7 Å². The summed E-state index contributed by atoms with van der Waals surface area (Å²) in [6.45, 7) is 3.03. The minimum Gasteiger partial charge on any atom is -0.496 e. The van der Waals surface area contributed by atoms with Crippen molar-refractivity contribution in [2.24, 2.45) is 4.99 Å². The number of amides is 1. The maximum Gasteiger partial charge on any atom is 0.239 e. The summed E-state index contributed by atoms with van der Waals surface area (Å²) in [5, 5.41) is 8.90. The van der Waals surface area contributed by atoms with Crippen molar-refractivity contribution in [3.63, 3.8) is 0 Å². The fourth-order valence-electron chi connectivity index (χ4n) is 2.22. The van der Waals surface area contributed by atoms with Gasteiger partial charge in [-0.25, -0.2) is 0 Å². The highest BCUT2D eigenvalue weighted by molar-refractivity contribution is 14.0. The van der Waals surface area contributed by atoms with Gasteiger partial charge in [0, 0.05) is 19.2 Å². The van der Waals surface area contributed by atoms with Gasteiger partial charge in [0.15, 0.2) is 5.96 Å². The van der Waals surface area contributed by atoms with E-state index in [0.717, 1.165) is 16.9 Å². The maximum absolute atomic E-state index is 11.9. The first-order valence-electron chi connectivity index (χ1n) is 7.99. The van der Waals surface area contributed by atoms with Crippen molar-refractivity contribution in [1.82, 2.24) is 16.0 Å². The Hall–Kier alpha value is -2.23. The number of halogens is 1. The molecule has 0 fully saturated rings. The van der Waals surface area contributed by atoms with Gasteiger partial charge in [0.25, 0.3) is 0 Å². The standard InChI is InChI=1S/C18H24N4O3.HI/c1-13-6-7-14(16(9-13)24-3)10-21-18(19-2)22-12-17(23)20-11-15-5-4-8-25-15;/h4-9H,10-12H2,1-3H3,(H,20,23)(H2,19,21,22);1H. The highest BCUT2D eigenvalue weighted by Gasteiger charge is 2.07. The molecule has 2 aromatic rings. The number of hydrogen-bond donors (Lipinski definition) is 3. The van der Waals surface area contributed by atoms with Crippen LogP contribution >= 0.6 is 24.0 Å². The molecule has 0 saturated heterocycles. The number of ether oxygens (including phenoxy) is 1. The molecule has 1 aromatic heterocycles. The van der Waals surface area contributed by atoms with Crippen LogP contribution in [0.3, 0.4) is 0 Å². The summed E-state index contributed by atoms with van der Waals surface area (Å²) in [6.07, 6.45) is 1.57. The molecule has 0 saturated carbocycles. The van der Waals surface area contributed by atoms with E-state index in [1.54, 1.807) is 26.5 Å². The number of hydrogen-bond acceptors (Lipinski definition) is 4. The summed E-state index contributed by atoms with van der Waals surface area (Å²) < 4.78 is 10.5. The lowest BCUT2D eigenvalue weighted by Crippen LogP contribution is -2.42. The van der Waals surface area contributed by atoms with Crippen molar-refractivity contribution in [1.29, 1.82) is 0 Å². The predicted octanol–water partition coefficient (Wildman–Crippen LogP) is 2.20. The Balaban J connectivity index is 0.00000338. The lowest BCUT2D eigenvalue weighted by atomic mass is 10.1. The summed E-state index contributed by atoms with van der Waals surface area (Å²) in [6, 6.07) is 9.60. The zero-order valence-electron chi connectivity index (χ0n) is 15.2. The van der Waals surface area contributed by atoms with E-state index in [9.17, 15) is 4.79 Å². The summed E-state index contributed by atoms with van der Waals surface area (Å²) >= 11 is 0. The Morgan fingerprint density at radius 1 is 1.19 bits per heavy atom. The highest BCUT2D eigenvalue weighted by Crippen LogP contribution is 2.19. The molecule has 2 rings (SSSR count). The van der Waals surface area contributed by atoms with Crippen molar-refractivity contribution in [3.05, 3.63) is 53.5 Å². The van der Waals surface area contributed by atoms with E-state index in [4.69, 9.17) is 9.15 Å². The Morgan fingerprint density at radius 2 is 2.00 bits per heavy atom. The van der Waals surface area contributed by atoms with Gasteiger partial charge >= 0.3 is 0 Å². The van der Waals surface area contributed by atoms with E-state index < -0.39 is 0 Å². The SMILES string of the molecule is CN=C(NCC(=O)NCc1ccco1)NCc1ccc(C)cc1OC.I. The predicted molar refractivity (Wildman–Crippen MR) is 112 cm³/mol. The van der Waals surface area contributed by atoms with E-state index in [-0.39, 0.29) is 36.4 Å². The summed E-state index contributed by atoms with van der Waals surface area (Å²) in [5.74, 6) is 1.92. The van der Waals surface area contributed by atoms with Crippen LogP contribution in [0.1, 0.15) is 16.9 Å². The second-order valence-electron chi connectivity index (χ2n) is 5.45. The first kappa shape index (κ1) is 21.8. The van der Waals surface area contributed by atoms with Crippen molar-refractivity contribution in [3.8, 4) is 5.75 Å². The molecular formula is C18H25IN4O3. The first-order valence-corrected chi connectivity index (χ1v) is 7.99. The average Bonchev–Trinajstić information content (AvgIpc) is 3.14. The van der Waals surface area contributed by atoms with Crippen LogP contribution in [-0.4, -0.2) is 32.6 Å². The van der Waals surface area contributed by atoms with Gasteiger partial charge in [0.1, 0.15) is 11.5 Å². The van der Waals surface area contributed by atoms with Gasteiger partial charge < -0.3 is 25.1 Å². The normalized spacial score (nSPS) is 10.7. The molecule has 0 aliphatic carbocycles. The number of nitrogens with zero attached hydrogens (tertiary/aromatic N) is 1. The van der Waals surface area contributed by atoms with Crippen LogP contribution in [0.2, 0.25) is 0 Å². The van der Waals surface area contributed by atoms with Gasteiger partial charge in [-0.3, -0.25) is 9.79 Å². The molecule has 0 aliphatic heterocycles. The fraction of sp³-hybridized carbons (Fsp3) is 0.333. The Bertz CT molecular complexity index is 717. The number of furan rings is 1. The van der Waals surface area contributed by atoms with Gasteiger partial charge in [-0.2, -0.15) is 0 Å². The molecule has 8 heteroatoms. The third kappa shape index (κ3) is 6.95. The number of nitrogens with one attached hydrogen (secondary N) is 3. The van der Waals surface area contributed by atoms with Crippen LogP contribution in [0.4, 0.5) is 0 Å². The molecule has 0 unspecified atom stereocenters. The van der Waals surface area contributed by atoms with E-state index in [0.29, 0.717) is 24.8 Å². The molecule has 1 heterocycles. The monoisotopic (exact) mass is 472 g/mol. The smallest absolute Gasteiger partial charge is 0.239 e. The summed E-state index contributed by atoms with van der Waals surface area (Å²) in [4.78, 5) is 16.0. The summed E-state index contributed by atoms with van der Waals surface area (Å²) in [5.41, 5.74) is 2.15. The van der Waals surface area contributed by atoms with E-state index >= 15 is 0 Å². The second-order valence-corrected chi connectivity index (χ2v) is 5.45. The molecule has 0 bridgehead atoms. The van der Waals surface area contributed by atoms with Crippen molar-refractivity contribution < 1.29 is 13.9 Å². The molecule has 3 N–H and O–H groups in total. The number of aliphatic imine (C=N–C) groups is 1. The maximum atomic E-state index is 11.9. The number of carbonyl (C=O) groups is 1. The van der Waals surface area contributed by atoms with Gasteiger partial charge in [0.2, 0.25) is 5.91 Å². The fourth-order valence-corrected chi connectivity index (χ4v) is 2.22. The van der Waals surface area contributed by atoms with Gasteiger partial charge in [-0.15, -0.1) is 24.0 Å². The number of methoxy groups -OCH3 is 1. The summed E-state index contributed by atoms with van der Waals surface area (Å²) in [7, 11) is 3.30. The third-order valence-electron chi connectivity index (χ3n) is 3.57. The van der Waals surface area contributed by atoms with Crippen LogP contribution in [0.5, 0.6) is 5.75 Å². The molecule has 26 heavy (non-hydrogen) atoms. The van der Waals surface area contributed by atoms with Gasteiger partial charge in [-0.1, -0.05) is 12.1 Å². The van der Waals surface area contributed by atoms with Gasteiger partial charge in [-0.05, 0) is 30.7 Å². The minimum absolute atomic E-state index is 0. The van der Waals surface area contributed by atoms with Crippen molar-refractivity contribution >= 4 is 35.8 Å². The highest BCUT2D eigenvalue weighted by atomic mass is 127. The van der Waals surface area contributed by atoms with Crippen LogP contribution in [0.15, 0.2) is 46.0 Å². The number of rotatable bonds is 7. The van der Waals surface area contributed by atoms with Crippen LogP contribution in [-0.2, 0) is 17.9 Å². The van der Waals surface area contributed by atoms with Crippen molar-refractivity contribution in [2.45, 2.75) is 20.0 Å². The quantitative estimate of drug-likeness (QED) is 0.327. The van der Waals surface area contributed by atoms with E-state index in [1.807, 2.05) is 31.2 Å². The van der Waals surface area contributed by atoms with E-state index in [1.165, 1.54) is 0 Å². The first-order chi connectivity index (χ1) is 12.1. The van der Waals surface area contributed by atoms with Gasteiger partial charge in [0.05, 0.1) is 26.5 Å². The molecule has 1 aromatic carbocycles. The zero-order chi connectivity index (χ0) is 18.1. The molecule has 0 atom stereocenters. The lowest BCUT2D eigenvalue weighted by molar-refractivity contribution is -0.120. The number of guanidine groups is 1. The molecule has 0 aliphatic rings. The lowest BCUT2D eigenvalue weighted by Gasteiger charge is -2.14. The van der Waals surface area contributed by atoms with Crippen LogP contribution in [0, 0.1) is 6.92 Å². The van der Waals surface area contributed by atoms with Crippen LogP contribution in [0.25, 0.3) is 0 Å². The number of carbonyl (C=O) groups excluding carboxylic acids is 1. The van der Waals surface area contributed by atoms with E-state index in [2.05, 4.69) is 20.9 Å². The molecular weight excluding hydrogens is 447 g/mol. The topological polar surface area (TPSA) is 87.9 Å². The largest absolute Gasteiger partial charge is 0.496 e. The Labute approximate surface area is 170 Å². The third-order valence-corrected chi connectivity index (χ3v) is 3.57.